The number of piperidine rings is 1. The minimum absolute atomic E-state index is 0.187. The summed E-state index contributed by atoms with van der Waals surface area (Å²) < 4.78 is 5.05. The molecular weight excluding hydrogens is 202 g/mol. The lowest BCUT2D eigenvalue weighted by Crippen LogP contribution is -2.59. The summed E-state index contributed by atoms with van der Waals surface area (Å²) in [4.78, 5) is 13.2. The number of hydrogen-bond acceptors (Lipinski definition) is 3. The molecule has 94 valence electrons. The molecule has 0 atom stereocenters. The first-order valence-electron chi connectivity index (χ1n) is 6.17. The predicted molar refractivity (Wildman–Crippen MR) is 65.3 cm³/mol. The van der Waals surface area contributed by atoms with Gasteiger partial charge in [-0.05, 0) is 47.0 Å². The van der Waals surface area contributed by atoms with Crippen LogP contribution in [-0.2, 0) is 9.53 Å². The molecule has 3 heteroatoms. The van der Waals surface area contributed by atoms with Crippen LogP contribution in [0.1, 0.15) is 53.9 Å². The summed E-state index contributed by atoms with van der Waals surface area (Å²) in [5.41, 5.74) is 0.420. The molecule has 1 heterocycles. The molecule has 0 aromatic rings. The summed E-state index contributed by atoms with van der Waals surface area (Å²) in [5.74, 6) is -0.187. The van der Waals surface area contributed by atoms with Crippen molar-refractivity contribution in [2.45, 2.75) is 65.0 Å². The summed E-state index contributed by atoms with van der Waals surface area (Å²) in [7, 11) is 0. The van der Waals surface area contributed by atoms with Crippen LogP contribution in [0.5, 0.6) is 0 Å². The molecule has 0 saturated carbocycles. The van der Waals surface area contributed by atoms with Gasteiger partial charge >= 0.3 is 5.97 Å². The van der Waals surface area contributed by atoms with Crippen molar-refractivity contribution in [3.05, 3.63) is 0 Å². The molecule has 16 heavy (non-hydrogen) atoms. The minimum Gasteiger partial charge on any atom is -0.465 e. The van der Waals surface area contributed by atoms with Crippen LogP contribution in [0.15, 0.2) is 0 Å². The highest BCUT2D eigenvalue weighted by Crippen LogP contribution is 2.37. The van der Waals surface area contributed by atoms with Crippen molar-refractivity contribution in [3.8, 4) is 0 Å². The van der Waals surface area contributed by atoms with E-state index in [0.717, 1.165) is 6.54 Å². The average molecular weight is 227 g/mol. The number of rotatable bonds is 3. The summed E-state index contributed by atoms with van der Waals surface area (Å²) in [6.07, 6.45) is 3.72. The molecule has 0 aliphatic carbocycles. The van der Waals surface area contributed by atoms with Gasteiger partial charge in [0.05, 0.1) is 0 Å². The van der Waals surface area contributed by atoms with E-state index in [-0.39, 0.29) is 17.0 Å². The Labute approximate surface area is 99.1 Å². The second-order valence-corrected chi connectivity index (χ2v) is 5.97. The highest BCUT2D eigenvalue weighted by Gasteiger charge is 2.40. The van der Waals surface area contributed by atoms with Crippen LogP contribution >= 0.6 is 0 Å². The maximum absolute atomic E-state index is 10.8. The highest BCUT2D eigenvalue weighted by molar-refractivity contribution is 5.65. The zero-order valence-electron chi connectivity index (χ0n) is 11.3. The Morgan fingerprint density at radius 3 is 2.12 bits per heavy atom. The van der Waals surface area contributed by atoms with Gasteiger partial charge in [0.25, 0.3) is 0 Å². The van der Waals surface area contributed by atoms with Gasteiger partial charge in [0, 0.05) is 24.5 Å². The SMILES string of the molecule is CC(=O)OCCN1C(C)(C)CCCC1(C)C. The molecule has 0 bridgehead atoms. The van der Waals surface area contributed by atoms with Gasteiger partial charge in [-0.3, -0.25) is 9.69 Å². The third-order valence-corrected chi connectivity index (χ3v) is 3.66. The van der Waals surface area contributed by atoms with Crippen LogP contribution in [-0.4, -0.2) is 35.1 Å². The van der Waals surface area contributed by atoms with Gasteiger partial charge in [-0.1, -0.05) is 0 Å². The third-order valence-electron chi connectivity index (χ3n) is 3.66. The van der Waals surface area contributed by atoms with Crippen LogP contribution in [0, 0.1) is 0 Å². The fourth-order valence-corrected chi connectivity index (χ4v) is 2.93. The number of hydrogen-bond donors (Lipinski definition) is 0. The molecule has 1 saturated heterocycles. The fraction of sp³-hybridized carbons (Fsp3) is 0.923. The van der Waals surface area contributed by atoms with E-state index < -0.39 is 0 Å². The van der Waals surface area contributed by atoms with Crippen molar-refractivity contribution in [2.75, 3.05) is 13.2 Å². The molecule has 1 rings (SSSR count). The first kappa shape index (κ1) is 13.5. The molecule has 0 N–H and O–H groups in total. The second-order valence-electron chi connectivity index (χ2n) is 5.97. The Morgan fingerprint density at radius 1 is 1.19 bits per heavy atom. The molecule has 1 aliphatic rings. The van der Waals surface area contributed by atoms with Crippen LogP contribution in [0.25, 0.3) is 0 Å². The Bertz CT molecular complexity index is 243. The van der Waals surface area contributed by atoms with E-state index in [1.54, 1.807) is 0 Å². The lowest BCUT2D eigenvalue weighted by molar-refractivity contribution is -0.143. The normalized spacial score (nSPS) is 24.1. The Balaban J connectivity index is 2.60. The second kappa shape index (κ2) is 4.74. The molecule has 0 spiro atoms. The third kappa shape index (κ3) is 3.21. The van der Waals surface area contributed by atoms with Crippen molar-refractivity contribution in [3.63, 3.8) is 0 Å². The van der Waals surface area contributed by atoms with Crippen molar-refractivity contribution in [1.29, 1.82) is 0 Å². The monoisotopic (exact) mass is 227 g/mol. The first-order valence-corrected chi connectivity index (χ1v) is 6.17. The lowest BCUT2D eigenvalue weighted by atomic mass is 9.80. The van der Waals surface area contributed by atoms with Gasteiger partial charge in [-0.2, -0.15) is 0 Å². The molecule has 1 aliphatic heterocycles. The van der Waals surface area contributed by atoms with Crippen molar-refractivity contribution in [1.82, 2.24) is 4.90 Å². The van der Waals surface area contributed by atoms with Crippen LogP contribution in [0.2, 0.25) is 0 Å². The Morgan fingerprint density at radius 2 is 1.69 bits per heavy atom. The summed E-state index contributed by atoms with van der Waals surface area (Å²) >= 11 is 0. The van der Waals surface area contributed by atoms with E-state index in [2.05, 4.69) is 32.6 Å². The Kier molecular flexibility index (Phi) is 4.00. The van der Waals surface area contributed by atoms with Crippen molar-refractivity contribution >= 4 is 5.97 Å². The zero-order valence-corrected chi connectivity index (χ0v) is 11.3. The largest absolute Gasteiger partial charge is 0.465 e. The number of carbonyl (C=O) groups is 1. The topological polar surface area (TPSA) is 29.5 Å². The average Bonchev–Trinajstić information content (AvgIpc) is 2.08. The maximum Gasteiger partial charge on any atom is 0.302 e. The minimum atomic E-state index is -0.187. The molecule has 0 radical (unpaired) electrons. The van der Waals surface area contributed by atoms with E-state index in [4.69, 9.17) is 4.74 Å². The van der Waals surface area contributed by atoms with Gasteiger partial charge in [-0.15, -0.1) is 0 Å². The highest BCUT2D eigenvalue weighted by atomic mass is 16.5. The number of esters is 1. The van der Waals surface area contributed by atoms with Gasteiger partial charge in [0.15, 0.2) is 0 Å². The number of nitrogens with zero attached hydrogens (tertiary/aromatic N) is 1. The van der Waals surface area contributed by atoms with E-state index in [0.29, 0.717) is 6.61 Å². The van der Waals surface area contributed by atoms with Crippen LogP contribution < -0.4 is 0 Å². The van der Waals surface area contributed by atoms with Gasteiger partial charge in [0.1, 0.15) is 6.61 Å². The molecular formula is C13H25NO2. The van der Waals surface area contributed by atoms with Crippen molar-refractivity contribution in [2.24, 2.45) is 0 Å². The van der Waals surface area contributed by atoms with Crippen molar-refractivity contribution < 1.29 is 9.53 Å². The van der Waals surface area contributed by atoms with Crippen LogP contribution in [0.4, 0.5) is 0 Å². The van der Waals surface area contributed by atoms with Crippen LogP contribution in [0.3, 0.4) is 0 Å². The van der Waals surface area contributed by atoms with E-state index >= 15 is 0 Å². The summed E-state index contributed by atoms with van der Waals surface area (Å²) in [5, 5.41) is 0. The number of likely N-dealkylation sites (tertiary alicyclic amines) is 1. The smallest absolute Gasteiger partial charge is 0.302 e. The molecule has 0 aromatic heterocycles. The lowest BCUT2D eigenvalue weighted by Gasteiger charge is -2.52. The zero-order chi connectivity index (χ0) is 12.4. The first-order chi connectivity index (χ1) is 7.26. The van der Waals surface area contributed by atoms with E-state index in [1.165, 1.54) is 26.2 Å². The molecule has 1 fully saturated rings. The molecule has 0 amide bonds. The van der Waals surface area contributed by atoms with E-state index in [9.17, 15) is 4.79 Å². The molecule has 0 unspecified atom stereocenters. The number of carbonyl (C=O) groups excluding carboxylic acids is 1. The number of ether oxygens (including phenoxy) is 1. The van der Waals surface area contributed by atoms with Gasteiger partial charge in [0.2, 0.25) is 0 Å². The molecule has 0 aromatic carbocycles. The predicted octanol–water partition coefficient (Wildman–Crippen LogP) is 2.59. The Hall–Kier alpha value is -0.570. The van der Waals surface area contributed by atoms with Gasteiger partial charge < -0.3 is 4.74 Å². The maximum atomic E-state index is 10.8. The summed E-state index contributed by atoms with van der Waals surface area (Å²) in [6, 6.07) is 0. The standard InChI is InChI=1S/C13H25NO2/c1-11(15)16-10-9-14-12(2,3)7-6-8-13(14,4)5/h6-10H2,1-5H3. The van der Waals surface area contributed by atoms with E-state index in [1.807, 2.05) is 0 Å². The summed E-state index contributed by atoms with van der Waals surface area (Å²) in [6.45, 7) is 11.9. The molecule has 3 nitrogen and oxygen atoms in total. The quantitative estimate of drug-likeness (QED) is 0.694. The van der Waals surface area contributed by atoms with Gasteiger partial charge in [-0.25, -0.2) is 0 Å². The fourth-order valence-electron chi connectivity index (χ4n) is 2.93.